The summed E-state index contributed by atoms with van der Waals surface area (Å²) in [4.78, 5) is 4.34. The van der Waals surface area contributed by atoms with Crippen LogP contribution in [-0.2, 0) is 0 Å². The first kappa shape index (κ1) is 6.34. The molecule has 3 heteroatoms. The topological polar surface area (TPSA) is 41.6 Å². The highest BCUT2D eigenvalue weighted by molar-refractivity contribution is 5.74. The van der Waals surface area contributed by atoms with E-state index in [2.05, 4.69) is 15.2 Å². The van der Waals surface area contributed by atoms with E-state index in [1.54, 1.807) is 0 Å². The van der Waals surface area contributed by atoms with Crippen LogP contribution in [0.15, 0.2) is 12.3 Å². The Labute approximate surface area is 64.5 Å². The summed E-state index contributed by atoms with van der Waals surface area (Å²) in [5.41, 5.74) is 4.13. The molecule has 3 nitrogen and oxygen atoms in total. The minimum atomic E-state index is 0.938. The number of nitrogens with zero attached hydrogens (tertiary/aromatic N) is 2. The van der Waals surface area contributed by atoms with Crippen LogP contribution < -0.4 is 0 Å². The maximum Gasteiger partial charge on any atom is 0.111 e. The zero-order valence-corrected chi connectivity index (χ0v) is 6.55. The first-order valence-corrected chi connectivity index (χ1v) is 3.55. The normalized spacial score (nSPS) is 10.7. The molecular formula is C8H9N3. The Bertz CT molecular complexity index is 353. The third-order valence-corrected chi connectivity index (χ3v) is 1.86. The predicted octanol–water partition coefficient (Wildman–Crippen LogP) is 1.57. The molecule has 0 unspecified atom stereocenters. The number of pyridine rings is 1. The summed E-state index contributed by atoms with van der Waals surface area (Å²) in [6, 6.07) is 2.04. The quantitative estimate of drug-likeness (QED) is 0.614. The number of H-pyrrole nitrogens is 1. The summed E-state index contributed by atoms with van der Waals surface area (Å²) < 4.78 is 0. The van der Waals surface area contributed by atoms with Crippen molar-refractivity contribution in [1.82, 2.24) is 15.2 Å². The van der Waals surface area contributed by atoms with Gasteiger partial charge in [-0.1, -0.05) is 0 Å². The molecular weight excluding hydrogens is 138 g/mol. The van der Waals surface area contributed by atoms with E-state index in [0.29, 0.717) is 0 Å². The Balaban J connectivity index is 2.86. The summed E-state index contributed by atoms with van der Waals surface area (Å²) >= 11 is 0. The van der Waals surface area contributed by atoms with Gasteiger partial charge in [-0.05, 0) is 25.5 Å². The van der Waals surface area contributed by atoms with Crippen LogP contribution in [0.25, 0.3) is 11.0 Å². The molecule has 0 saturated heterocycles. The van der Waals surface area contributed by atoms with Crippen molar-refractivity contribution in [2.24, 2.45) is 0 Å². The van der Waals surface area contributed by atoms with Crippen LogP contribution in [0.3, 0.4) is 0 Å². The summed E-state index contributed by atoms with van der Waals surface area (Å²) in [7, 11) is 0. The largest absolute Gasteiger partial charge is 0.283 e. The molecule has 0 radical (unpaired) electrons. The maximum atomic E-state index is 4.34. The van der Waals surface area contributed by atoms with Crippen molar-refractivity contribution in [2.45, 2.75) is 13.8 Å². The van der Waals surface area contributed by atoms with Gasteiger partial charge in [0.15, 0.2) is 0 Å². The molecule has 11 heavy (non-hydrogen) atoms. The van der Waals surface area contributed by atoms with Crippen molar-refractivity contribution in [1.29, 1.82) is 0 Å². The van der Waals surface area contributed by atoms with Crippen LogP contribution in [0.4, 0.5) is 0 Å². The molecule has 56 valence electrons. The molecule has 0 saturated carbocycles. The first-order valence-electron chi connectivity index (χ1n) is 3.55. The average molecular weight is 147 g/mol. The molecule has 0 atom stereocenters. The number of rotatable bonds is 0. The van der Waals surface area contributed by atoms with Gasteiger partial charge in [-0.25, -0.2) is 4.98 Å². The molecule has 2 rings (SSSR count). The predicted molar refractivity (Wildman–Crippen MR) is 43.4 cm³/mol. The van der Waals surface area contributed by atoms with E-state index in [1.165, 1.54) is 5.56 Å². The van der Waals surface area contributed by atoms with E-state index in [1.807, 2.05) is 26.1 Å². The van der Waals surface area contributed by atoms with Gasteiger partial charge in [0.2, 0.25) is 0 Å². The van der Waals surface area contributed by atoms with Crippen LogP contribution in [-0.4, -0.2) is 15.2 Å². The molecule has 0 aliphatic carbocycles. The summed E-state index contributed by atoms with van der Waals surface area (Å²) in [6.07, 6.45) is 1.81. The number of hydrogen-bond donors (Lipinski definition) is 1. The van der Waals surface area contributed by atoms with Gasteiger partial charge < -0.3 is 0 Å². The number of aromatic amines is 1. The Morgan fingerprint density at radius 2 is 2.09 bits per heavy atom. The van der Waals surface area contributed by atoms with Crippen LogP contribution >= 0.6 is 0 Å². The lowest BCUT2D eigenvalue weighted by Crippen LogP contribution is -1.85. The van der Waals surface area contributed by atoms with Crippen molar-refractivity contribution >= 4 is 11.0 Å². The van der Waals surface area contributed by atoms with E-state index in [0.717, 1.165) is 16.7 Å². The van der Waals surface area contributed by atoms with Crippen molar-refractivity contribution < 1.29 is 0 Å². The van der Waals surface area contributed by atoms with Gasteiger partial charge in [0.05, 0.1) is 0 Å². The minimum Gasteiger partial charge on any atom is -0.283 e. The van der Waals surface area contributed by atoms with E-state index in [4.69, 9.17) is 0 Å². The van der Waals surface area contributed by atoms with Crippen LogP contribution in [0, 0.1) is 13.8 Å². The Morgan fingerprint density at radius 3 is 2.91 bits per heavy atom. The molecule has 0 bridgehead atoms. The van der Waals surface area contributed by atoms with Gasteiger partial charge in [0, 0.05) is 11.9 Å². The number of fused-ring (bicyclic) bond motifs is 1. The molecule has 0 aliphatic rings. The van der Waals surface area contributed by atoms with Gasteiger partial charge in [-0.15, -0.1) is 0 Å². The molecule has 0 spiro atoms. The lowest BCUT2D eigenvalue weighted by atomic mass is 10.2. The second-order valence-corrected chi connectivity index (χ2v) is 2.68. The lowest BCUT2D eigenvalue weighted by molar-refractivity contribution is 1.12. The standard InChI is InChI=1S/C8H9N3/c1-5-3-7-8(4-9-11-7)10-6(5)2/h3-4H,1-2H3,(H,9,11). The highest BCUT2D eigenvalue weighted by atomic mass is 15.1. The molecule has 0 fully saturated rings. The van der Waals surface area contributed by atoms with E-state index >= 15 is 0 Å². The van der Waals surface area contributed by atoms with Crippen molar-refractivity contribution in [3.63, 3.8) is 0 Å². The average Bonchev–Trinajstić information content (AvgIpc) is 2.36. The molecule has 2 aromatic rings. The van der Waals surface area contributed by atoms with Crippen LogP contribution in [0.5, 0.6) is 0 Å². The maximum absolute atomic E-state index is 4.34. The van der Waals surface area contributed by atoms with Crippen molar-refractivity contribution in [3.8, 4) is 0 Å². The summed E-state index contributed by atoms with van der Waals surface area (Å²) in [5, 5.41) is 6.81. The Hall–Kier alpha value is -1.38. The highest BCUT2D eigenvalue weighted by Crippen LogP contribution is 2.11. The van der Waals surface area contributed by atoms with Gasteiger partial charge >= 0.3 is 0 Å². The van der Waals surface area contributed by atoms with Gasteiger partial charge in [0.1, 0.15) is 11.0 Å². The van der Waals surface area contributed by atoms with E-state index in [-0.39, 0.29) is 0 Å². The summed E-state index contributed by atoms with van der Waals surface area (Å²) in [5.74, 6) is 0. The molecule has 2 aromatic heterocycles. The Morgan fingerprint density at radius 1 is 1.27 bits per heavy atom. The number of aromatic nitrogens is 3. The zero-order chi connectivity index (χ0) is 7.84. The SMILES string of the molecule is Cc1cc2n[nH]cc2nc1C. The van der Waals surface area contributed by atoms with Crippen LogP contribution in [0.1, 0.15) is 11.3 Å². The molecule has 1 N–H and O–H groups in total. The van der Waals surface area contributed by atoms with Crippen LogP contribution in [0.2, 0.25) is 0 Å². The highest BCUT2D eigenvalue weighted by Gasteiger charge is 1.99. The third-order valence-electron chi connectivity index (χ3n) is 1.86. The number of aryl methyl sites for hydroxylation is 2. The third kappa shape index (κ3) is 0.888. The van der Waals surface area contributed by atoms with Gasteiger partial charge in [0.25, 0.3) is 0 Å². The molecule has 0 aliphatic heterocycles. The fraction of sp³-hybridized carbons (Fsp3) is 0.250. The van der Waals surface area contributed by atoms with Crippen molar-refractivity contribution in [3.05, 3.63) is 23.5 Å². The second kappa shape index (κ2) is 2.05. The van der Waals surface area contributed by atoms with E-state index in [9.17, 15) is 0 Å². The second-order valence-electron chi connectivity index (χ2n) is 2.68. The number of hydrogen-bond acceptors (Lipinski definition) is 2. The molecule has 0 aromatic carbocycles. The monoisotopic (exact) mass is 147 g/mol. The Kier molecular flexibility index (Phi) is 1.18. The molecule has 2 heterocycles. The zero-order valence-electron chi connectivity index (χ0n) is 6.55. The fourth-order valence-corrected chi connectivity index (χ4v) is 1.07. The van der Waals surface area contributed by atoms with Gasteiger partial charge in [-0.2, -0.15) is 5.10 Å². The first-order chi connectivity index (χ1) is 5.27. The lowest BCUT2D eigenvalue weighted by Gasteiger charge is -1.95. The molecule has 0 amide bonds. The smallest absolute Gasteiger partial charge is 0.111 e. The van der Waals surface area contributed by atoms with Gasteiger partial charge in [-0.3, -0.25) is 5.10 Å². The van der Waals surface area contributed by atoms with Crippen molar-refractivity contribution in [2.75, 3.05) is 0 Å². The minimum absolute atomic E-state index is 0.938. The fourth-order valence-electron chi connectivity index (χ4n) is 1.07. The number of nitrogens with one attached hydrogen (secondary N) is 1. The summed E-state index contributed by atoms with van der Waals surface area (Å²) in [6.45, 7) is 4.04. The van der Waals surface area contributed by atoms with E-state index < -0.39 is 0 Å².